The molecule has 1 aliphatic carbocycles. The van der Waals surface area contributed by atoms with E-state index in [1.54, 1.807) is 0 Å². The zero-order valence-electron chi connectivity index (χ0n) is 27.6. The van der Waals surface area contributed by atoms with Crippen LogP contribution in [0.2, 0.25) is 0 Å². The average Bonchev–Trinajstić information content (AvgIpc) is 3.21. The maximum absolute atomic E-state index is 5.22. The molecule has 50 heavy (non-hydrogen) atoms. The van der Waals surface area contributed by atoms with Crippen LogP contribution in [-0.4, -0.2) is 9.97 Å². The molecule has 1 heterocycles. The van der Waals surface area contributed by atoms with E-state index in [2.05, 4.69) is 182 Å². The third-order valence-corrected chi connectivity index (χ3v) is 9.75. The summed E-state index contributed by atoms with van der Waals surface area (Å²) in [6.45, 7) is 0. The highest BCUT2D eigenvalue weighted by Gasteiger charge is 2.14. The summed E-state index contributed by atoms with van der Waals surface area (Å²) in [5, 5.41) is 4.95. The summed E-state index contributed by atoms with van der Waals surface area (Å²) in [4.78, 5) is 10.4. The summed E-state index contributed by atoms with van der Waals surface area (Å²) >= 11 is 0. The van der Waals surface area contributed by atoms with Gasteiger partial charge in [0.15, 0.2) is 5.82 Å². The van der Waals surface area contributed by atoms with Crippen molar-refractivity contribution < 1.29 is 0 Å². The van der Waals surface area contributed by atoms with Gasteiger partial charge in [-0.1, -0.05) is 158 Å². The Kier molecular flexibility index (Phi) is 7.68. The van der Waals surface area contributed by atoms with Crippen molar-refractivity contribution in [2.24, 2.45) is 0 Å². The van der Waals surface area contributed by atoms with E-state index in [1.807, 2.05) is 0 Å². The van der Waals surface area contributed by atoms with Crippen molar-refractivity contribution in [3.63, 3.8) is 0 Å². The molecule has 1 aliphatic rings. The quantitative estimate of drug-likeness (QED) is 0.181. The maximum Gasteiger partial charge on any atom is 0.160 e. The topological polar surface area (TPSA) is 25.8 Å². The van der Waals surface area contributed by atoms with Crippen molar-refractivity contribution in [1.82, 2.24) is 9.97 Å². The molecule has 1 aromatic heterocycles. The molecular weight excluding hydrogens is 605 g/mol. The van der Waals surface area contributed by atoms with Crippen molar-refractivity contribution >= 4 is 27.1 Å². The van der Waals surface area contributed by atoms with Gasteiger partial charge in [0.2, 0.25) is 0 Å². The number of fused-ring (bicyclic) bond motifs is 2. The number of benzene rings is 7. The standard InChI is InChI=1S/C48H34N2/c1-2-11-33(12-3-1)35-23-26-37(27-24-35)48-49-46(42-19-8-17-39(30-42)40-28-25-34-13-4-5-15-38(34)29-40)32-47(50-48)43-20-9-18-41(31-43)45-22-10-16-36-14-6-7-21-44(36)45/h1-2,4-11,13-32H,3,12H2. The summed E-state index contributed by atoms with van der Waals surface area (Å²) in [7, 11) is 0. The minimum atomic E-state index is 0.716. The third kappa shape index (κ3) is 5.82. The smallest absolute Gasteiger partial charge is 0.160 e. The maximum atomic E-state index is 5.22. The van der Waals surface area contributed by atoms with Crippen LogP contribution in [0.25, 0.3) is 83.3 Å². The zero-order chi connectivity index (χ0) is 33.3. The number of aromatic nitrogens is 2. The van der Waals surface area contributed by atoms with E-state index in [4.69, 9.17) is 9.97 Å². The Balaban J connectivity index is 1.16. The van der Waals surface area contributed by atoms with Crippen LogP contribution in [0.4, 0.5) is 0 Å². The molecule has 7 aromatic carbocycles. The summed E-state index contributed by atoms with van der Waals surface area (Å²) in [6, 6.07) is 58.6. The van der Waals surface area contributed by atoms with E-state index in [0.29, 0.717) is 5.82 Å². The van der Waals surface area contributed by atoms with Gasteiger partial charge in [-0.3, -0.25) is 0 Å². The number of nitrogens with zero attached hydrogens (tertiary/aromatic N) is 2. The van der Waals surface area contributed by atoms with Crippen molar-refractivity contribution in [1.29, 1.82) is 0 Å². The van der Waals surface area contributed by atoms with Gasteiger partial charge in [-0.25, -0.2) is 9.97 Å². The lowest BCUT2D eigenvalue weighted by atomic mass is 9.95. The van der Waals surface area contributed by atoms with Crippen LogP contribution in [-0.2, 0) is 0 Å². The van der Waals surface area contributed by atoms with Gasteiger partial charge in [-0.05, 0) is 92.0 Å². The van der Waals surface area contributed by atoms with Crippen LogP contribution < -0.4 is 0 Å². The molecule has 0 spiro atoms. The fourth-order valence-electron chi connectivity index (χ4n) is 7.10. The zero-order valence-corrected chi connectivity index (χ0v) is 27.6. The molecule has 8 aromatic rings. The first-order valence-corrected chi connectivity index (χ1v) is 17.3. The van der Waals surface area contributed by atoms with Crippen molar-refractivity contribution in [2.45, 2.75) is 12.8 Å². The fraction of sp³-hybridized carbons (Fsp3) is 0.0417. The average molecular weight is 639 g/mol. The Morgan fingerprint density at radius 1 is 0.400 bits per heavy atom. The molecular formula is C48H34N2. The van der Waals surface area contributed by atoms with Gasteiger partial charge in [-0.15, -0.1) is 0 Å². The third-order valence-electron chi connectivity index (χ3n) is 9.75. The Morgan fingerprint density at radius 3 is 1.78 bits per heavy atom. The highest BCUT2D eigenvalue weighted by Crippen LogP contribution is 2.35. The van der Waals surface area contributed by atoms with Crippen LogP contribution >= 0.6 is 0 Å². The summed E-state index contributed by atoms with van der Waals surface area (Å²) < 4.78 is 0. The van der Waals surface area contributed by atoms with Gasteiger partial charge in [-0.2, -0.15) is 0 Å². The lowest BCUT2D eigenvalue weighted by Crippen LogP contribution is -1.97. The molecule has 2 heteroatoms. The molecule has 0 amide bonds. The molecule has 2 nitrogen and oxygen atoms in total. The first-order valence-electron chi connectivity index (χ1n) is 17.3. The normalized spacial score (nSPS) is 12.7. The van der Waals surface area contributed by atoms with Crippen LogP contribution in [0.5, 0.6) is 0 Å². The first kappa shape index (κ1) is 29.7. The van der Waals surface area contributed by atoms with Gasteiger partial charge >= 0.3 is 0 Å². The lowest BCUT2D eigenvalue weighted by Gasteiger charge is -2.13. The van der Waals surface area contributed by atoms with E-state index < -0.39 is 0 Å². The van der Waals surface area contributed by atoms with Crippen LogP contribution in [0.1, 0.15) is 18.4 Å². The number of hydrogen-bond donors (Lipinski definition) is 0. The van der Waals surface area contributed by atoms with Gasteiger partial charge < -0.3 is 0 Å². The molecule has 0 N–H and O–H groups in total. The fourth-order valence-corrected chi connectivity index (χ4v) is 7.10. The Hall–Kier alpha value is -6.38. The monoisotopic (exact) mass is 638 g/mol. The van der Waals surface area contributed by atoms with Gasteiger partial charge in [0, 0.05) is 16.7 Å². The second kappa shape index (κ2) is 12.9. The van der Waals surface area contributed by atoms with Gasteiger partial charge in [0.25, 0.3) is 0 Å². The van der Waals surface area contributed by atoms with Gasteiger partial charge in [0.05, 0.1) is 11.4 Å². The van der Waals surface area contributed by atoms with E-state index in [1.165, 1.54) is 49.4 Å². The lowest BCUT2D eigenvalue weighted by molar-refractivity contribution is 1.05. The Labute approximate surface area is 292 Å². The highest BCUT2D eigenvalue weighted by molar-refractivity contribution is 5.97. The van der Waals surface area contributed by atoms with E-state index in [9.17, 15) is 0 Å². The molecule has 0 atom stereocenters. The molecule has 0 saturated heterocycles. The predicted octanol–water partition coefficient (Wildman–Crippen LogP) is 12.9. The van der Waals surface area contributed by atoms with Crippen molar-refractivity contribution in [3.05, 3.63) is 188 Å². The second-order valence-electron chi connectivity index (χ2n) is 12.9. The van der Waals surface area contributed by atoms with Crippen LogP contribution in [0.15, 0.2) is 182 Å². The molecule has 0 saturated carbocycles. The van der Waals surface area contributed by atoms with E-state index in [0.717, 1.165) is 46.5 Å². The molecule has 0 bridgehead atoms. The largest absolute Gasteiger partial charge is 0.228 e. The highest BCUT2D eigenvalue weighted by atomic mass is 14.9. The molecule has 0 aliphatic heterocycles. The molecule has 236 valence electrons. The first-order chi connectivity index (χ1) is 24.7. The molecule has 9 rings (SSSR count). The van der Waals surface area contributed by atoms with Crippen LogP contribution in [0, 0.1) is 0 Å². The van der Waals surface area contributed by atoms with Crippen molar-refractivity contribution in [3.8, 4) is 56.2 Å². The number of rotatable bonds is 6. The summed E-state index contributed by atoms with van der Waals surface area (Å²) in [5.74, 6) is 0.716. The van der Waals surface area contributed by atoms with Crippen molar-refractivity contribution in [2.75, 3.05) is 0 Å². The minimum absolute atomic E-state index is 0.716. The summed E-state index contributed by atoms with van der Waals surface area (Å²) in [6.07, 6.45) is 8.75. The predicted molar refractivity (Wildman–Crippen MR) is 211 cm³/mol. The molecule has 0 radical (unpaired) electrons. The summed E-state index contributed by atoms with van der Waals surface area (Å²) in [5.41, 5.74) is 12.2. The van der Waals surface area contributed by atoms with E-state index >= 15 is 0 Å². The number of allylic oxidation sites excluding steroid dienone is 4. The SMILES string of the molecule is C1=CCCC(c2ccc(-c3nc(-c4cccc(-c5ccc6ccccc6c5)c4)cc(-c4cccc(-c5cccc6ccccc56)c4)n3)cc2)=C1. The molecule has 0 fully saturated rings. The van der Waals surface area contributed by atoms with E-state index in [-0.39, 0.29) is 0 Å². The second-order valence-corrected chi connectivity index (χ2v) is 12.9. The van der Waals surface area contributed by atoms with Gasteiger partial charge in [0.1, 0.15) is 0 Å². The van der Waals surface area contributed by atoms with Crippen LogP contribution in [0.3, 0.4) is 0 Å². The number of hydrogen-bond acceptors (Lipinski definition) is 2. The molecule has 0 unspecified atom stereocenters. The minimum Gasteiger partial charge on any atom is -0.228 e. The Morgan fingerprint density at radius 2 is 1.00 bits per heavy atom. The Bertz CT molecular complexity index is 2590.